The van der Waals surface area contributed by atoms with Crippen LogP contribution in [0.15, 0.2) is 36.7 Å². The van der Waals surface area contributed by atoms with Crippen LogP contribution in [0.25, 0.3) is 11.3 Å². The smallest absolute Gasteiger partial charge is 0.219 e. The fraction of sp³-hybridized carbons (Fsp3) is 0.389. The van der Waals surface area contributed by atoms with Crippen LogP contribution in [0.4, 0.5) is 0 Å². The van der Waals surface area contributed by atoms with Gasteiger partial charge in [0.05, 0.1) is 11.4 Å². The standard InChI is InChI=1S/C18H21N3O/c1-13-6-3-4-8-16(13)18-17(19-9-10-20-18)15-7-5-11-21(12-15)14(2)22/h3-4,6,8-10,15H,5,7,11-12H2,1-2H3/t15-/m0/s1. The largest absolute Gasteiger partial charge is 0.342 e. The monoisotopic (exact) mass is 295 g/mol. The Morgan fingerprint density at radius 3 is 2.77 bits per heavy atom. The SMILES string of the molecule is CC(=O)N1CCC[C@H](c2nccnc2-c2ccccc2C)C1. The first kappa shape index (κ1) is 14.7. The zero-order valence-corrected chi connectivity index (χ0v) is 13.1. The van der Waals surface area contributed by atoms with Crippen LogP contribution in [0.2, 0.25) is 0 Å². The van der Waals surface area contributed by atoms with Gasteiger partial charge in [-0.3, -0.25) is 14.8 Å². The Morgan fingerprint density at radius 1 is 1.23 bits per heavy atom. The molecule has 0 bridgehead atoms. The van der Waals surface area contributed by atoms with E-state index in [1.807, 2.05) is 17.0 Å². The van der Waals surface area contributed by atoms with Crippen molar-refractivity contribution in [1.82, 2.24) is 14.9 Å². The molecule has 3 rings (SSSR count). The number of hydrogen-bond donors (Lipinski definition) is 0. The summed E-state index contributed by atoms with van der Waals surface area (Å²) in [6.45, 7) is 5.33. The molecule has 2 heterocycles. The number of benzene rings is 1. The molecular formula is C18H21N3O. The number of hydrogen-bond acceptors (Lipinski definition) is 3. The first-order valence-corrected chi connectivity index (χ1v) is 7.79. The van der Waals surface area contributed by atoms with E-state index in [1.165, 1.54) is 5.56 Å². The van der Waals surface area contributed by atoms with Crippen LogP contribution in [-0.2, 0) is 4.79 Å². The lowest BCUT2D eigenvalue weighted by atomic mass is 9.90. The molecule has 0 spiro atoms. The van der Waals surface area contributed by atoms with Crippen molar-refractivity contribution in [2.75, 3.05) is 13.1 Å². The molecule has 1 fully saturated rings. The van der Waals surface area contributed by atoms with Crippen LogP contribution in [0.3, 0.4) is 0 Å². The lowest BCUT2D eigenvalue weighted by molar-refractivity contribution is -0.130. The maximum absolute atomic E-state index is 11.7. The van der Waals surface area contributed by atoms with Gasteiger partial charge in [0.1, 0.15) is 0 Å². The summed E-state index contributed by atoms with van der Waals surface area (Å²) in [7, 11) is 0. The van der Waals surface area contributed by atoms with Crippen molar-refractivity contribution < 1.29 is 4.79 Å². The predicted molar refractivity (Wildman–Crippen MR) is 86.4 cm³/mol. The van der Waals surface area contributed by atoms with Crippen LogP contribution < -0.4 is 0 Å². The Kier molecular flexibility index (Phi) is 4.18. The van der Waals surface area contributed by atoms with Gasteiger partial charge in [0, 0.05) is 43.9 Å². The Morgan fingerprint density at radius 2 is 2.00 bits per heavy atom. The minimum Gasteiger partial charge on any atom is -0.342 e. The van der Waals surface area contributed by atoms with Gasteiger partial charge in [-0.1, -0.05) is 24.3 Å². The quantitative estimate of drug-likeness (QED) is 0.855. The summed E-state index contributed by atoms with van der Waals surface area (Å²) in [5, 5.41) is 0. The third-order valence-corrected chi connectivity index (χ3v) is 4.38. The van der Waals surface area contributed by atoms with Crippen LogP contribution in [0.1, 0.15) is 36.9 Å². The van der Waals surface area contributed by atoms with Gasteiger partial charge >= 0.3 is 0 Å². The number of likely N-dealkylation sites (tertiary alicyclic amines) is 1. The van der Waals surface area contributed by atoms with E-state index in [4.69, 9.17) is 0 Å². The van der Waals surface area contributed by atoms with Crippen molar-refractivity contribution in [3.8, 4) is 11.3 Å². The van der Waals surface area contributed by atoms with E-state index in [2.05, 4.69) is 29.0 Å². The minimum absolute atomic E-state index is 0.144. The molecule has 2 aromatic rings. The molecule has 1 aromatic heterocycles. The van der Waals surface area contributed by atoms with Gasteiger partial charge in [0.2, 0.25) is 5.91 Å². The highest BCUT2D eigenvalue weighted by atomic mass is 16.2. The Balaban J connectivity index is 1.98. The number of amides is 1. The second-order valence-electron chi connectivity index (χ2n) is 5.91. The molecule has 1 aromatic carbocycles. The Bertz CT molecular complexity index is 684. The highest BCUT2D eigenvalue weighted by Gasteiger charge is 2.26. The topological polar surface area (TPSA) is 46.1 Å². The van der Waals surface area contributed by atoms with Crippen molar-refractivity contribution in [2.45, 2.75) is 32.6 Å². The van der Waals surface area contributed by atoms with E-state index in [0.717, 1.165) is 42.9 Å². The Hall–Kier alpha value is -2.23. The van der Waals surface area contributed by atoms with Crippen LogP contribution in [0.5, 0.6) is 0 Å². The summed E-state index contributed by atoms with van der Waals surface area (Å²) >= 11 is 0. The van der Waals surface area contributed by atoms with Gasteiger partial charge in [-0.15, -0.1) is 0 Å². The molecule has 0 saturated carbocycles. The van der Waals surface area contributed by atoms with Crippen LogP contribution in [0, 0.1) is 6.92 Å². The van der Waals surface area contributed by atoms with Gasteiger partial charge in [0.25, 0.3) is 0 Å². The number of rotatable bonds is 2. The molecule has 0 unspecified atom stereocenters. The number of piperidine rings is 1. The van der Waals surface area contributed by atoms with Crippen molar-refractivity contribution in [1.29, 1.82) is 0 Å². The number of aryl methyl sites for hydroxylation is 1. The number of carbonyl (C=O) groups excluding carboxylic acids is 1. The normalized spacial score (nSPS) is 18.3. The highest BCUT2D eigenvalue weighted by molar-refractivity contribution is 5.73. The fourth-order valence-corrected chi connectivity index (χ4v) is 3.18. The molecule has 0 radical (unpaired) electrons. The summed E-state index contributed by atoms with van der Waals surface area (Å²) in [6, 6.07) is 8.25. The molecule has 0 N–H and O–H groups in total. The summed E-state index contributed by atoms with van der Waals surface area (Å²) in [5.74, 6) is 0.409. The van der Waals surface area contributed by atoms with Crippen LogP contribution in [-0.4, -0.2) is 33.9 Å². The van der Waals surface area contributed by atoms with E-state index in [0.29, 0.717) is 0 Å². The van der Waals surface area contributed by atoms with E-state index >= 15 is 0 Å². The predicted octanol–water partition coefficient (Wildman–Crippen LogP) is 3.18. The van der Waals surface area contributed by atoms with Crippen molar-refractivity contribution in [3.05, 3.63) is 47.9 Å². The molecule has 1 aliphatic rings. The summed E-state index contributed by atoms with van der Waals surface area (Å²) < 4.78 is 0. The molecule has 4 heteroatoms. The summed E-state index contributed by atoms with van der Waals surface area (Å²) in [4.78, 5) is 22.8. The molecular weight excluding hydrogens is 274 g/mol. The number of nitrogens with zero attached hydrogens (tertiary/aromatic N) is 3. The summed E-state index contributed by atoms with van der Waals surface area (Å²) in [5.41, 5.74) is 4.30. The maximum atomic E-state index is 11.7. The molecule has 1 atom stereocenters. The first-order chi connectivity index (χ1) is 10.7. The van der Waals surface area contributed by atoms with Crippen LogP contribution >= 0.6 is 0 Å². The molecule has 1 aliphatic heterocycles. The third kappa shape index (κ3) is 2.86. The molecule has 1 amide bonds. The van der Waals surface area contributed by atoms with Gasteiger partial charge in [0.15, 0.2) is 0 Å². The molecule has 4 nitrogen and oxygen atoms in total. The van der Waals surface area contributed by atoms with E-state index in [1.54, 1.807) is 19.3 Å². The highest BCUT2D eigenvalue weighted by Crippen LogP contribution is 2.32. The minimum atomic E-state index is 0.144. The molecule has 1 saturated heterocycles. The first-order valence-electron chi connectivity index (χ1n) is 7.79. The molecule has 0 aliphatic carbocycles. The van der Waals surface area contributed by atoms with Gasteiger partial charge < -0.3 is 4.90 Å². The van der Waals surface area contributed by atoms with Crippen molar-refractivity contribution >= 4 is 5.91 Å². The lowest BCUT2D eigenvalue weighted by Crippen LogP contribution is -2.38. The maximum Gasteiger partial charge on any atom is 0.219 e. The third-order valence-electron chi connectivity index (χ3n) is 4.38. The Labute approximate surface area is 131 Å². The number of carbonyl (C=O) groups is 1. The summed E-state index contributed by atoms with van der Waals surface area (Å²) in [6.07, 6.45) is 5.58. The van der Waals surface area contributed by atoms with Crippen molar-refractivity contribution in [3.63, 3.8) is 0 Å². The lowest BCUT2D eigenvalue weighted by Gasteiger charge is -2.32. The van der Waals surface area contributed by atoms with Crippen molar-refractivity contribution in [2.24, 2.45) is 0 Å². The second kappa shape index (κ2) is 6.26. The van der Waals surface area contributed by atoms with Gasteiger partial charge in [-0.2, -0.15) is 0 Å². The second-order valence-corrected chi connectivity index (χ2v) is 5.91. The van der Waals surface area contributed by atoms with E-state index < -0.39 is 0 Å². The van der Waals surface area contributed by atoms with E-state index in [-0.39, 0.29) is 11.8 Å². The van der Waals surface area contributed by atoms with Gasteiger partial charge in [-0.05, 0) is 25.3 Å². The fourth-order valence-electron chi connectivity index (χ4n) is 3.18. The average Bonchev–Trinajstić information content (AvgIpc) is 2.55. The van der Waals surface area contributed by atoms with E-state index in [9.17, 15) is 4.79 Å². The number of aromatic nitrogens is 2. The zero-order chi connectivity index (χ0) is 15.5. The van der Waals surface area contributed by atoms with Gasteiger partial charge in [-0.25, -0.2) is 0 Å². The average molecular weight is 295 g/mol. The molecule has 114 valence electrons. The molecule has 22 heavy (non-hydrogen) atoms. The zero-order valence-electron chi connectivity index (χ0n) is 13.1.